The third-order valence-electron chi connectivity index (χ3n) is 5.21. The monoisotopic (exact) mass is 326 g/mol. The van der Waals surface area contributed by atoms with E-state index in [4.69, 9.17) is 0 Å². The van der Waals surface area contributed by atoms with Gasteiger partial charge < -0.3 is 10.4 Å². The number of nitrogens with zero attached hydrogens (tertiary/aromatic N) is 1. The number of aromatic nitrogens is 1. The van der Waals surface area contributed by atoms with Crippen molar-refractivity contribution < 1.29 is 5.11 Å². The summed E-state index contributed by atoms with van der Waals surface area (Å²) in [6, 6.07) is 8.54. The van der Waals surface area contributed by atoms with Crippen molar-refractivity contribution in [1.82, 2.24) is 4.98 Å². The maximum absolute atomic E-state index is 10.3. The van der Waals surface area contributed by atoms with Gasteiger partial charge in [-0.1, -0.05) is 26.8 Å². The molecule has 0 amide bonds. The first kappa shape index (κ1) is 18.5. The van der Waals surface area contributed by atoms with E-state index in [9.17, 15) is 5.11 Å². The molecule has 0 radical (unpaired) electrons. The Hall–Kier alpha value is -1.87. The molecular weight excluding hydrogens is 296 g/mol. The third kappa shape index (κ3) is 3.96. The SMILES string of the molecule is CCc1cc(NCC(C)(C)C(C)(C)O)ccc1-c1cnccc1C. The first-order valence-corrected chi connectivity index (χ1v) is 8.66. The Morgan fingerprint density at radius 3 is 2.38 bits per heavy atom. The lowest BCUT2D eigenvalue weighted by Crippen LogP contribution is -2.43. The molecule has 3 nitrogen and oxygen atoms in total. The summed E-state index contributed by atoms with van der Waals surface area (Å²) in [6.45, 7) is 12.9. The number of rotatable bonds is 6. The summed E-state index contributed by atoms with van der Waals surface area (Å²) in [5, 5.41) is 13.8. The molecule has 0 saturated heterocycles. The number of nitrogens with one attached hydrogen (secondary N) is 1. The predicted octanol–water partition coefficient (Wildman–Crippen LogP) is 4.83. The van der Waals surface area contributed by atoms with Crippen molar-refractivity contribution in [2.24, 2.45) is 5.41 Å². The van der Waals surface area contributed by atoms with E-state index in [2.05, 4.69) is 56.2 Å². The predicted molar refractivity (Wildman–Crippen MR) is 102 cm³/mol. The van der Waals surface area contributed by atoms with E-state index >= 15 is 0 Å². The van der Waals surface area contributed by atoms with Gasteiger partial charge in [-0.15, -0.1) is 0 Å². The summed E-state index contributed by atoms with van der Waals surface area (Å²) in [5.41, 5.74) is 5.11. The summed E-state index contributed by atoms with van der Waals surface area (Å²) in [6.07, 6.45) is 4.74. The van der Waals surface area contributed by atoms with Crippen molar-refractivity contribution in [3.63, 3.8) is 0 Å². The van der Waals surface area contributed by atoms with Gasteiger partial charge in [-0.3, -0.25) is 4.98 Å². The second kappa shape index (κ2) is 6.94. The molecule has 130 valence electrons. The molecule has 0 aliphatic rings. The second-order valence-electron chi connectivity index (χ2n) is 7.71. The minimum atomic E-state index is -0.736. The van der Waals surface area contributed by atoms with Crippen molar-refractivity contribution in [2.45, 2.75) is 53.6 Å². The average Bonchev–Trinajstić information content (AvgIpc) is 2.52. The fraction of sp³-hybridized carbons (Fsp3) is 0.476. The van der Waals surface area contributed by atoms with Gasteiger partial charge in [-0.2, -0.15) is 0 Å². The van der Waals surface area contributed by atoms with Gasteiger partial charge >= 0.3 is 0 Å². The maximum Gasteiger partial charge on any atom is 0.0659 e. The fourth-order valence-corrected chi connectivity index (χ4v) is 2.54. The first-order chi connectivity index (χ1) is 11.2. The molecule has 0 bridgehead atoms. The van der Waals surface area contributed by atoms with Crippen LogP contribution in [-0.4, -0.2) is 22.2 Å². The van der Waals surface area contributed by atoms with Crippen LogP contribution in [0.15, 0.2) is 36.7 Å². The molecule has 0 atom stereocenters. The number of pyridine rings is 1. The van der Waals surface area contributed by atoms with Crippen LogP contribution in [0.25, 0.3) is 11.1 Å². The van der Waals surface area contributed by atoms with E-state index < -0.39 is 5.60 Å². The van der Waals surface area contributed by atoms with Crippen LogP contribution in [0, 0.1) is 12.3 Å². The smallest absolute Gasteiger partial charge is 0.0659 e. The fourth-order valence-electron chi connectivity index (χ4n) is 2.54. The molecule has 1 heterocycles. The molecule has 3 heteroatoms. The molecule has 0 aliphatic carbocycles. The van der Waals surface area contributed by atoms with E-state index in [1.54, 1.807) is 0 Å². The lowest BCUT2D eigenvalue weighted by atomic mass is 9.77. The van der Waals surface area contributed by atoms with Gasteiger partial charge in [-0.25, -0.2) is 0 Å². The van der Waals surface area contributed by atoms with Crippen LogP contribution in [-0.2, 0) is 6.42 Å². The Bertz CT molecular complexity index is 699. The molecule has 0 fully saturated rings. The Kier molecular flexibility index (Phi) is 5.34. The molecule has 0 aliphatic heterocycles. The zero-order chi connectivity index (χ0) is 18.0. The molecule has 2 aromatic rings. The number of anilines is 1. The standard InChI is InChI=1S/C21H30N2O/c1-7-16-12-17(23-14-20(3,4)21(5,6)24)8-9-18(16)19-13-22-11-10-15(19)2/h8-13,23-24H,7,14H2,1-6H3. The molecule has 24 heavy (non-hydrogen) atoms. The molecular formula is C21H30N2O. The number of hydrogen-bond donors (Lipinski definition) is 2. The topological polar surface area (TPSA) is 45.1 Å². The summed E-state index contributed by atoms with van der Waals surface area (Å²) >= 11 is 0. The third-order valence-corrected chi connectivity index (χ3v) is 5.21. The van der Waals surface area contributed by atoms with Gasteiger partial charge in [0.15, 0.2) is 0 Å². The van der Waals surface area contributed by atoms with E-state index in [0.717, 1.165) is 12.1 Å². The van der Waals surface area contributed by atoms with Gasteiger partial charge in [0.2, 0.25) is 0 Å². The van der Waals surface area contributed by atoms with Gasteiger partial charge in [-0.05, 0) is 62.1 Å². The molecule has 1 aromatic heterocycles. The Morgan fingerprint density at radius 1 is 1.08 bits per heavy atom. The van der Waals surface area contributed by atoms with E-state index in [0.29, 0.717) is 6.54 Å². The van der Waals surface area contributed by atoms with Crippen LogP contribution < -0.4 is 5.32 Å². The minimum Gasteiger partial charge on any atom is -0.390 e. The van der Waals surface area contributed by atoms with Crippen LogP contribution in [0.2, 0.25) is 0 Å². The Labute approximate surface area is 146 Å². The minimum absolute atomic E-state index is 0.224. The molecule has 2 rings (SSSR count). The lowest BCUT2D eigenvalue weighted by molar-refractivity contribution is -0.0270. The van der Waals surface area contributed by atoms with E-state index in [-0.39, 0.29) is 5.41 Å². The van der Waals surface area contributed by atoms with Crippen molar-refractivity contribution >= 4 is 5.69 Å². The highest BCUT2D eigenvalue weighted by atomic mass is 16.3. The zero-order valence-electron chi connectivity index (χ0n) is 15.8. The highest BCUT2D eigenvalue weighted by Crippen LogP contribution is 2.32. The number of benzene rings is 1. The van der Waals surface area contributed by atoms with E-state index in [1.807, 2.05) is 32.3 Å². The summed E-state index contributed by atoms with van der Waals surface area (Å²) in [4.78, 5) is 4.27. The molecule has 2 N–H and O–H groups in total. The van der Waals surface area contributed by atoms with Crippen molar-refractivity contribution in [1.29, 1.82) is 0 Å². The van der Waals surface area contributed by atoms with Gasteiger partial charge in [0.05, 0.1) is 5.60 Å². The molecule has 0 saturated carbocycles. The zero-order valence-corrected chi connectivity index (χ0v) is 15.8. The lowest BCUT2D eigenvalue weighted by Gasteiger charge is -2.37. The largest absolute Gasteiger partial charge is 0.390 e. The van der Waals surface area contributed by atoms with Gasteiger partial charge in [0.1, 0.15) is 0 Å². The normalized spacial score (nSPS) is 12.3. The van der Waals surface area contributed by atoms with Gasteiger partial charge in [0, 0.05) is 35.6 Å². The maximum atomic E-state index is 10.3. The molecule has 1 aromatic carbocycles. The highest BCUT2D eigenvalue weighted by Gasteiger charge is 2.34. The Morgan fingerprint density at radius 2 is 1.79 bits per heavy atom. The summed E-state index contributed by atoms with van der Waals surface area (Å²) < 4.78 is 0. The van der Waals surface area contributed by atoms with Crippen molar-refractivity contribution in [2.75, 3.05) is 11.9 Å². The Balaban J connectivity index is 2.26. The van der Waals surface area contributed by atoms with Crippen LogP contribution in [0.4, 0.5) is 5.69 Å². The van der Waals surface area contributed by atoms with Crippen LogP contribution in [0.5, 0.6) is 0 Å². The average molecular weight is 326 g/mol. The van der Waals surface area contributed by atoms with Crippen LogP contribution in [0.1, 0.15) is 45.7 Å². The number of hydrogen-bond acceptors (Lipinski definition) is 3. The molecule has 0 spiro atoms. The quantitative estimate of drug-likeness (QED) is 0.799. The van der Waals surface area contributed by atoms with Crippen molar-refractivity contribution in [3.8, 4) is 11.1 Å². The molecule has 0 unspecified atom stereocenters. The summed E-state index contributed by atoms with van der Waals surface area (Å²) in [7, 11) is 0. The van der Waals surface area contributed by atoms with Crippen LogP contribution in [0.3, 0.4) is 0 Å². The number of aliphatic hydroxyl groups is 1. The van der Waals surface area contributed by atoms with Crippen molar-refractivity contribution in [3.05, 3.63) is 47.8 Å². The second-order valence-corrected chi connectivity index (χ2v) is 7.71. The van der Waals surface area contributed by atoms with Gasteiger partial charge in [0.25, 0.3) is 0 Å². The number of aryl methyl sites for hydroxylation is 2. The van der Waals surface area contributed by atoms with Crippen LogP contribution >= 0.6 is 0 Å². The van der Waals surface area contributed by atoms with E-state index in [1.165, 1.54) is 22.3 Å². The summed E-state index contributed by atoms with van der Waals surface area (Å²) in [5.74, 6) is 0. The first-order valence-electron chi connectivity index (χ1n) is 8.66. The highest BCUT2D eigenvalue weighted by molar-refractivity contribution is 5.72.